The van der Waals surface area contributed by atoms with Gasteiger partial charge in [0.1, 0.15) is 11.5 Å². The Labute approximate surface area is 151 Å². The quantitative estimate of drug-likeness (QED) is 0.500. The second-order valence-corrected chi connectivity index (χ2v) is 6.62. The molecule has 3 atom stereocenters. The van der Waals surface area contributed by atoms with E-state index in [9.17, 15) is 10.1 Å². The first kappa shape index (κ1) is 16.4. The largest absolute Gasteiger partial charge is 0.497 e. The molecule has 2 aromatic rings. The smallest absolute Gasteiger partial charge is 0.269 e. The highest BCUT2D eigenvalue weighted by Crippen LogP contribution is 2.53. The highest BCUT2D eigenvalue weighted by Gasteiger charge is 2.39. The van der Waals surface area contributed by atoms with Gasteiger partial charge < -0.3 is 14.8 Å². The number of nitro groups is 1. The third kappa shape index (κ3) is 2.58. The number of ether oxygens (including phenoxy) is 2. The van der Waals surface area contributed by atoms with Crippen molar-refractivity contribution in [1.82, 2.24) is 0 Å². The average Bonchev–Trinajstić information content (AvgIpc) is 3.16. The van der Waals surface area contributed by atoms with Crippen LogP contribution in [0.2, 0.25) is 0 Å². The molecule has 6 nitrogen and oxygen atoms in total. The second kappa shape index (κ2) is 6.37. The standard InChI is InChI=1S/C20H20N2O4/c1-25-14-10-17-15-4-3-5-16(15)19(21-20(17)18(11-14)26-2)12-6-8-13(9-7-12)22(23)24/h3-4,6-11,15-16,19,21H,5H2,1-2H3. The Morgan fingerprint density at radius 2 is 1.92 bits per heavy atom. The molecule has 1 aliphatic carbocycles. The zero-order valence-corrected chi connectivity index (χ0v) is 14.6. The zero-order chi connectivity index (χ0) is 18.3. The zero-order valence-electron chi connectivity index (χ0n) is 14.6. The van der Waals surface area contributed by atoms with Crippen LogP contribution in [0.4, 0.5) is 11.4 Å². The van der Waals surface area contributed by atoms with Crippen molar-refractivity contribution in [1.29, 1.82) is 0 Å². The molecule has 0 amide bonds. The monoisotopic (exact) mass is 352 g/mol. The number of hydrogen-bond acceptors (Lipinski definition) is 5. The van der Waals surface area contributed by atoms with Crippen molar-refractivity contribution in [2.75, 3.05) is 19.5 Å². The predicted molar refractivity (Wildman–Crippen MR) is 99.0 cm³/mol. The molecule has 4 rings (SSSR count). The van der Waals surface area contributed by atoms with Crippen LogP contribution >= 0.6 is 0 Å². The van der Waals surface area contributed by atoms with Crippen molar-refractivity contribution in [3.8, 4) is 11.5 Å². The van der Waals surface area contributed by atoms with E-state index < -0.39 is 0 Å². The molecule has 1 heterocycles. The molecule has 1 aliphatic heterocycles. The summed E-state index contributed by atoms with van der Waals surface area (Å²) in [4.78, 5) is 10.6. The van der Waals surface area contributed by atoms with E-state index >= 15 is 0 Å². The van der Waals surface area contributed by atoms with Gasteiger partial charge in [0.05, 0.1) is 30.9 Å². The first-order valence-corrected chi connectivity index (χ1v) is 8.56. The van der Waals surface area contributed by atoms with Gasteiger partial charge in [-0.2, -0.15) is 0 Å². The molecule has 1 N–H and O–H groups in total. The number of nitrogens with one attached hydrogen (secondary N) is 1. The Kier molecular flexibility index (Phi) is 4.03. The van der Waals surface area contributed by atoms with Crippen molar-refractivity contribution in [3.63, 3.8) is 0 Å². The fourth-order valence-electron chi connectivity index (χ4n) is 4.05. The third-order valence-electron chi connectivity index (χ3n) is 5.32. The molecule has 26 heavy (non-hydrogen) atoms. The van der Waals surface area contributed by atoms with Crippen molar-refractivity contribution < 1.29 is 14.4 Å². The lowest BCUT2D eigenvalue weighted by Crippen LogP contribution is -2.29. The topological polar surface area (TPSA) is 73.6 Å². The van der Waals surface area contributed by atoms with Crippen LogP contribution in [0.1, 0.15) is 29.5 Å². The minimum absolute atomic E-state index is 0.0607. The van der Waals surface area contributed by atoms with Crippen LogP contribution in [0.15, 0.2) is 48.6 Å². The molecule has 2 aliphatic rings. The van der Waals surface area contributed by atoms with Crippen molar-refractivity contribution in [3.05, 3.63) is 69.8 Å². The van der Waals surface area contributed by atoms with Crippen molar-refractivity contribution in [2.24, 2.45) is 5.92 Å². The molecular weight excluding hydrogens is 332 g/mol. The fraction of sp³-hybridized carbons (Fsp3) is 0.300. The normalized spacial score (nSPS) is 22.9. The molecule has 0 fully saturated rings. The van der Waals surface area contributed by atoms with Gasteiger partial charge in [-0.05, 0) is 29.5 Å². The van der Waals surface area contributed by atoms with Gasteiger partial charge >= 0.3 is 0 Å². The summed E-state index contributed by atoms with van der Waals surface area (Å²) < 4.78 is 11.0. The van der Waals surface area contributed by atoms with Gasteiger partial charge in [0.15, 0.2) is 0 Å². The van der Waals surface area contributed by atoms with E-state index in [1.807, 2.05) is 18.2 Å². The van der Waals surface area contributed by atoms with Gasteiger partial charge in [-0.3, -0.25) is 10.1 Å². The summed E-state index contributed by atoms with van der Waals surface area (Å²) in [5.41, 5.74) is 3.27. The molecule has 0 aromatic heterocycles. The Balaban J connectivity index is 1.77. The highest BCUT2D eigenvalue weighted by molar-refractivity contribution is 5.70. The number of nitrogens with zero attached hydrogens (tertiary/aromatic N) is 1. The minimum atomic E-state index is -0.372. The average molecular weight is 352 g/mol. The Morgan fingerprint density at radius 1 is 1.15 bits per heavy atom. The molecule has 0 bridgehead atoms. The lowest BCUT2D eigenvalue weighted by molar-refractivity contribution is -0.384. The summed E-state index contributed by atoms with van der Waals surface area (Å²) in [6.07, 6.45) is 5.40. The van der Waals surface area contributed by atoms with E-state index in [1.165, 1.54) is 0 Å². The first-order chi connectivity index (χ1) is 12.6. The van der Waals surface area contributed by atoms with Gasteiger partial charge in [0, 0.05) is 24.1 Å². The van der Waals surface area contributed by atoms with Crippen LogP contribution in [0, 0.1) is 16.0 Å². The van der Waals surface area contributed by atoms with Gasteiger partial charge in [-0.1, -0.05) is 24.3 Å². The van der Waals surface area contributed by atoms with Crippen LogP contribution < -0.4 is 14.8 Å². The summed E-state index contributed by atoms with van der Waals surface area (Å²) in [5.74, 6) is 2.12. The lowest BCUT2D eigenvalue weighted by atomic mass is 9.77. The van der Waals surface area contributed by atoms with E-state index in [2.05, 4.69) is 23.5 Å². The molecule has 0 saturated carbocycles. The van der Waals surface area contributed by atoms with Crippen LogP contribution in [-0.4, -0.2) is 19.1 Å². The molecule has 0 saturated heterocycles. The molecule has 134 valence electrons. The number of allylic oxidation sites excluding steroid dienone is 2. The molecule has 0 radical (unpaired) electrons. The SMILES string of the molecule is COc1cc(OC)c2c(c1)C1C=CCC1C(c1ccc([N+](=O)[O-])cc1)N2. The van der Waals surface area contributed by atoms with Crippen LogP contribution in [-0.2, 0) is 0 Å². The second-order valence-electron chi connectivity index (χ2n) is 6.62. The van der Waals surface area contributed by atoms with Crippen molar-refractivity contribution >= 4 is 11.4 Å². The van der Waals surface area contributed by atoms with E-state index in [0.29, 0.717) is 5.92 Å². The summed E-state index contributed by atoms with van der Waals surface area (Å²) in [6.45, 7) is 0. The number of fused-ring (bicyclic) bond motifs is 3. The minimum Gasteiger partial charge on any atom is -0.497 e. The van der Waals surface area contributed by atoms with Gasteiger partial charge in [0.2, 0.25) is 0 Å². The number of benzene rings is 2. The van der Waals surface area contributed by atoms with E-state index in [1.54, 1.807) is 26.4 Å². The Hall–Kier alpha value is -3.02. The molecule has 3 unspecified atom stereocenters. The summed E-state index contributed by atoms with van der Waals surface area (Å²) in [7, 11) is 3.30. The number of methoxy groups -OCH3 is 2. The van der Waals surface area contributed by atoms with Crippen LogP contribution in [0.25, 0.3) is 0 Å². The predicted octanol–water partition coefficient (Wildman–Crippen LogP) is 4.44. The number of nitro benzene ring substituents is 1. The van der Waals surface area contributed by atoms with Gasteiger partial charge in [0.25, 0.3) is 5.69 Å². The number of non-ortho nitro benzene ring substituents is 1. The van der Waals surface area contributed by atoms with Gasteiger partial charge in [-0.25, -0.2) is 0 Å². The number of rotatable bonds is 4. The Bertz CT molecular complexity index is 876. The summed E-state index contributed by atoms with van der Waals surface area (Å²) in [5, 5.41) is 14.5. The maximum Gasteiger partial charge on any atom is 0.269 e. The molecular formula is C20H20N2O4. The summed E-state index contributed by atoms with van der Waals surface area (Å²) in [6, 6.07) is 10.8. The van der Waals surface area contributed by atoms with E-state index in [-0.39, 0.29) is 22.6 Å². The van der Waals surface area contributed by atoms with E-state index in [4.69, 9.17) is 9.47 Å². The first-order valence-electron chi connectivity index (χ1n) is 8.56. The fourth-order valence-corrected chi connectivity index (χ4v) is 4.05. The van der Waals surface area contributed by atoms with Crippen LogP contribution in [0.3, 0.4) is 0 Å². The Morgan fingerprint density at radius 3 is 2.58 bits per heavy atom. The lowest BCUT2D eigenvalue weighted by Gasteiger charge is -2.38. The number of hydrogen-bond donors (Lipinski definition) is 1. The van der Waals surface area contributed by atoms with Crippen molar-refractivity contribution in [2.45, 2.75) is 18.4 Å². The highest BCUT2D eigenvalue weighted by atomic mass is 16.6. The van der Waals surface area contributed by atoms with Gasteiger partial charge in [-0.15, -0.1) is 0 Å². The van der Waals surface area contributed by atoms with Crippen LogP contribution in [0.5, 0.6) is 11.5 Å². The molecule has 6 heteroatoms. The summed E-state index contributed by atoms with van der Waals surface area (Å²) >= 11 is 0. The molecule has 0 spiro atoms. The molecule has 2 aromatic carbocycles. The maximum atomic E-state index is 10.9. The maximum absolute atomic E-state index is 10.9. The third-order valence-corrected chi connectivity index (χ3v) is 5.32. The number of anilines is 1. The van der Waals surface area contributed by atoms with E-state index in [0.717, 1.165) is 34.7 Å².